The number of aromatic nitrogens is 1. The van der Waals surface area contributed by atoms with Gasteiger partial charge in [0.25, 0.3) is 0 Å². The SMILES string of the molecule is Cc1cc(N(c2ccc(-n3c4ccccc4c4ccccc43)cc2)c2ccc3c(c2)C(C)(c2ccccc2)c2ccccc2-3)cc([Si]2(c3ccccc3)c3ccccc3-c3ccccc32)c1. The average molecular weight is 859 g/mol. The largest absolute Gasteiger partial charge is 0.310 e. The highest BCUT2D eigenvalue weighted by atomic mass is 28.3. The molecule has 0 saturated carbocycles. The highest BCUT2D eigenvalue weighted by molar-refractivity contribution is 7.22. The van der Waals surface area contributed by atoms with E-state index in [0.29, 0.717) is 0 Å². The molecule has 2 heterocycles. The number of hydrogen-bond acceptors (Lipinski definition) is 1. The maximum absolute atomic E-state index is 2.79. The van der Waals surface area contributed by atoms with Gasteiger partial charge in [-0.15, -0.1) is 0 Å². The molecule has 0 radical (unpaired) electrons. The van der Waals surface area contributed by atoms with Crippen molar-refractivity contribution in [3.63, 3.8) is 0 Å². The fraction of sp³-hybridized carbons (Fsp3) is 0.0476. The molecule has 66 heavy (non-hydrogen) atoms. The summed E-state index contributed by atoms with van der Waals surface area (Å²) in [6.07, 6.45) is 0. The smallest absolute Gasteiger partial charge is 0.180 e. The van der Waals surface area contributed by atoms with E-state index in [1.165, 1.54) is 87.1 Å². The number of nitrogens with zero attached hydrogens (tertiary/aromatic N) is 2. The zero-order valence-corrected chi connectivity index (χ0v) is 38.0. The van der Waals surface area contributed by atoms with Gasteiger partial charge in [0.1, 0.15) is 0 Å². The summed E-state index contributed by atoms with van der Waals surface area (Å²) in [6.45, 7) is 4.69. The first-order chi connectivity index (χ1) is 32.5. The van der Waals surface area contributed by atoms with Crippen LogP contribution in [0.4, 0.5) is 17.1 Å². The van der Waals surface area contributed by atoms with Crippen molar-refractivity contribution in [3.8, 4) is 27.9 Å². The van der Waals surface area contributed by atoms with E-state index in [-0.39, 0.29) is 5.41 Å². The van der Waals surface area contributed by atoms with Crippen LogP contribution in [0.1, 0.15) is 29.2 Å². The molecule has 1 aromatic heterocycles. The van der Waals surface area contributed by atoms with Crippen molar-refractivity contribution in [2.45, 2.75) is 19.3 Å². The fourth-order valence-corrected chi connectivity index (χ4v) is 17.2. The van der Waals surface area contributed by atoms with E-state index in [1.807, 2.05) is 0 Å². The predicted molar refractivity (Wildman–Crippen MR) is 280 cm³/mol. The van der Waals surface area contributed by atoms with Crippen LogP contribution in [-0.2, 0) is 5.41 Å². The summed E-state index contributed by atoms with van der Waals surface area (Å²) < 4.78 is 2.41. The third kappa shape index (κ3) is 5.47. The molecular weight excluding hydrogens is 813 g/mol. The van der Waals surface area contributed by atoms with Crippen molar-refractivity contribution in [2.75, 3.05) is 4.90 Å². The van der Waals surface area contributed by atoms with Gasteiger partial charge in [0.05, 0.1) is 11.0 Å². The first-order valence-corrected chi connectivity index (χ1v) is 25.1. The summed E-state index contributed by atoms with van der Waals surface area (Å²) >= 11 is 0. The van der Waals surface area contributed by atoms with Crippen LogP contribution in [0.2, 0.25) is 0 Å². The minimum absolute atomic E-state index is 0.339. The van der Waals surface area contributed by atoms with Gasteiger partial charge in [0.2, 0.25) is 0 Å². The lowest BCUT2D eigenvalue weighted by Crippen LogP contribution is -2.72. The standard InChI is InChI=1S/C63H46N2Si/c1-43-39-48(41-50(40-43)66(49-21-7-4-8-22-49)61-31-17-12-26-55(61)56-27-13-18-32-62(56)66)64(45-33-35-46(36-34-45)65-59-29-15-10-24-53(59)54-25-11-16-30-60(54)65)47-37-38-52-51-23-9-14-28-57(51)63(2,58(52)42-47)44-19-5-3-6-20-44/h3-42H,1-2H3. The topological polar surface area (TPSA) is 8.17 Å². The molecule has 312 valence electrons. The Kier molecular flexibility index (Phi) is 8.62. The molecule has 0 bridgehead atoms. The lowest BCUT2D eigenvalue weighted by molar-refractivity contribution is 0.714. The Labute approximate surface area is 387 Å². The number of fused-ring (bicyclic) bond motifs is 9. The van der Waals surface area contributed by atoms with Crippen LogP contribution in [0, 0.1) is 6.92 Å². The molecule has 13 rings (SSSR count). The van der Waals surface area contributed by atoms with E-state index in [0.717, 1.165) is 22.7 Å². The zero-order chi connectivity index (χ0) is 44.0. The van der Waals surface area contributed by atoms with E-state index in [2.05, 4.69) is 266 Å². The Morgan fingerprint density at radius 3 is 1.59 bits per heavy atom. The summed E-state index contributed by atoms with van der Waals surface area (Å²) in [5.74, 6) is 0. The predicted octanol–water partition coefficient (Wildman–Crippen LogP) is 13.3. The van der Waals surface area contributed by atoms with Crippen molar-refractivity contribution < 1.29 is 0 Å². The molecule has 1 aliphatic heterocycles. The van der Waals surface area contributed by atoms with Gasteiger partial charge in [-0.3, -0.25) is 0 Å². The van der Waals surface area contributed by atoms with E-state index in [1.54, 1.807) is 0 Å². The number of benzene rings is 10. The minimum atomic E-state index is -2.79. The van der Waals surface area contributed by atoms with Gasteiger partial charge >= 0.3 is 0 Å². The molecule has 10 aromatic carbocycles. The molecule has 2 aliphatic rings. The molecule has 1 atom stereocenters. The van der Waals surface area contributed by atoms with Gasteiger partial charge in [-0.2, -0.15) is 0 Å². The van der Waals surface area contributed by atoms with Crippen molar-refractivity contribution in [1.29, 1.82) is 0 Å². The van der Waals surface area contributed by atoms with Gasteiger partial charge in [-0.05, 0) is 140 Å². The summed E-state index contributed by atoms with van der Waals surface area (Å²) in [5, 5.41) is 8.21. The molecule has 0 amide bonds. The summed E-state index contributed by atoms with van der Waals surface area (Å²) in [5.41, 5.74) is 17.1. The number of rotatable bonds is 7. The van der Waals surface area contributed by atoms with E-state index >= 15 is 0 Å². The van der Waals surface area contributed by atoms with E-state index < -0.39 is 8.07 Å². The van der Waals surface area contributed by atoms with Crippen LogP contribution in [0.3, 0.4) is 0 Å². The Morgan fingerprint density at radius 2 is 0.924 bits per heavy atom. The second-order valence-corrected chi connectivity index (χ2v) is 22.0. The van der Waals surface area contributed by atoms with Crippen LogP contribution in [0.15, 0.2) is 243 Å². The van der Waals surface area contributed by atoms with Crippen molar-refractivity contribution >= 4 is 67.7 Å². The maximum atomic E-state index is 2.53. The molecule has 0 fully saturated rings. The third-order valence-electron chi connectivity index (χ3n) is 14.8. The van der Waals surface area contributed by atoms with Crippen LogP contribution < -0.4 is 25.6 Å². The van der Waals surface area contributed by atoms with Gasteiger partial charge in [-0.25, -0.2) is 0 Å². The first kappa shape index (κ1) is 38.5. The van der Waals surface area contributed by atoms with Crippen LogP contribution >= 0.6 is 0 Å². The normalized spacial score (nSPS) is 15.3. The Balaban J connectivity index is 1.06. The average Bonchev–Trinajstić information content (AvgIpc) is 3.97. The van der Waals surface area contributed by atoms with Gasteiger partial charge < -0.3 is 9.47 Å². The van der Waals surface area contributed by atoms with Crippen molar-refractivity contribution in [1.82, 2.24) is 4.57 Å². The molecule has 1 aliphatic carbocycles. The second-order valence-electron chi connectivity index (χ2n) is 18.3. The third-order valence-corrected chi connectivity index (χ3v) is 19.6. The molecular formula is C63H46N2Si. The van der Waals surface area contributed by atoms with E-state index in [4.69, 9.17) is 0 Å². The lowest BCUT2D eigenvalue weighted by atomic mass is 9.74. The maximum Gasteiger partial charge on any atom is 0.180 e. The minimum Gasteiger partial charge on any atom is -0.310 e. The Morgan fingerprint density at radius 1 is 0.394 bits per heavy atom. The Bertz CT molecular complexity index is 3580. The molecule has 1 unspecified atom stereocenters. The number of hydrogen-bond donors (Lipinski definition) is 0. The second kappa shape index (κ2) is 14.8. The molecule has 0 N–H and O–H groups in total. The highest BCUT2D eigenvalue weighted by Gasteiger charge is 2.49. The fourth-order valence-electron chi connectivity index (χ4n) is 11.9. The quantitative estimate of drug-likeness (QED) is 0.145. The number of para-hydroxylation sites is 2. The number of aryl methyl sites for hydroxylation is 1. The molecule has 0 saturated heterocycles. The Hall–Kier alpha value is -7.98. The summed E-state index contributed by atoms with van der Waals surface area (Å²) in [7, 11) is -2.79. The monoisotopic (exact) mass is 858 g/mol. The van der Waals surface area contributed by atoms with Gasteiger partial charge in [-0.1, -0.05) is 182 Å². The molecule has 0 spiro atoms. The van der Waals surface area contributed by atoms with Crippen LogP contribution in [0.25, 0.3) is 49.7 Å². The van der Waals surface area contributed by atoms with Gasteiger partial charge in [0, 0.05) is 38.9 Å². The van der Waals surface area contributed by atoms with Crippen molar-refractivity contribution in [3.05, 3.63) is 265 Å². The summed E-state index contributed by atoms with van der Waals surface area (Å²) in [6, 6.07) is 91.2. The molecule has 3 heteroatoms. The van der Waals surface area contributed by atoms with Crippen LogP contribution in [0.5, 0.6) is 0 Å². The number of anilines is 3. The molecule has 11 aromatic rings. The highest BCUT2D eigenvalue weighted by Crippen LogP contribution is 2.54. The lowest BCUT2D eigenvalue weighted by Gasteiger charge is -2.34. The zero-order valence-electron chi connectivity index (χ0n) is 37.0. The van der Waals surface area contributed by atoms with Crippen LogP contribution in [-0.4, -0.2) is 12.6 Å². The van der Waals surface area contributed by atoms with E-state index in [9.17, 15) is 0 Å². The summed E-state index contributed by atoms with van der Waals surface area (Å²) in [4.78, 5) is 2.51. The van der Waals surface area contributed by atoms with Crippen molar-refractivity contribution in [2.24, 2.45) is 0 Å². The first-order valence-electron chi connectivity index (χ1n) is 23.1. The molecule has 2 nitrogen and oxygen atoms in total. The van der Waals surface area contributed by atoms with Gasteiger partial charge in [0.15, 0.2) is 8.07 Å².